The smallest absolute Gasteiger partial charge is 0.336 e. The van der Waals surface area contributed by atoms with Crippen LogP contribution in [0.3, 0.4) is 0 Å². The summed E-state index contributed by atoms with van der Waals surface area (Å²) in [5.74, 6) is 1.37. The summed E-state index contributed by atoms with van der Waals surface area (Å²) < 4.78 is 3.25. The van der Waals surface area contributed by atoms with Crippen LogP contribution in [-0.2, 0) is 19.6 Å². The van der Waals surface area contributed by atoms with Gasteiger partial charge < -0.3 is 5.11 Å². The van der Waals surface area contributed by atoms with E-state index < -0.39 is 17.1 Å². The van der Waals surface area contributed by atoms with Crippen LogP contribution in [-0.4, -0.2) is 36.9 Å². The van der Waals surface area contributed by atoms with Crippen LogP contribution >= 0.6 is 11.8 Å². The van der Waals surface area contributed by atoms with E-state index in [1.165, 1.54) is 6.08 Å². The molecule has 0 aliphatic carbocycles. The molecule has 1 heterocycles. The van der Waals surface area contributed by atoms with Gasteiger partial charge >= 0.3 is 17.1 Å². The van der Waals surface area contributed by atoms with Crippen molar-refractivity contribution in [2.45, 2.75) is 39.4 Å². The molecule has 8 heteroatoms. The summed E-state index contributed by atoms with van der Waals surface area (Å²) >= 11 is 1.56. The third-order valence-corrected chi connectivity index (χ3v) is 4.10. The van der Waals surface area contributed by atoms with Crippen molar-refractivity contribution in [2.24, 2.45) is 0 Å². The Morgan fingerprint density at radius 2 is 1.64 bits per heavy atom. The number of nitrogens with zero attached hydrogens (tertiary/aromatic N) is 3. The molecule has 0 atom stereocenters. The summed E-state index contributed by atoms with van der Waals surface area (Å²) in [7, 11) is 0. The molecule has 1 rings (SSSR count). The monoisotopic (exact) mass is 329 g/mol. The Morgan fingerprint density at radius 3 is 2.18 bits per heavy atom. The summed E-state index contributed by atoms with van der Waals surface area (Å²) in [5.41, 5.74) is -1.72. The maximum atomic E-state index is 12.3. The number of allylic oxidation sites excluding steroid dienone is 1. The summed E-state index contributed by atoms with van der Waals surface area (Å²) in [6, 6.07) is 0. The summed E-state index contributed by atoms with van der Waals surface area (Å²) in [5, 5.41) is 8.72. The molecule has 0 unspecified atom stereocenters. The molecule has 22 heavy (non-hydrogen) atoms. The lowest BCUT2D eigenvalue weighted by Gasteiger charge is -2.12. The van der Waals surface area contributed by atoms with E-state index in [4.69, 9.17) is 5.11 Å². The van der Waals surface area contributed by atoms with Gasteiger partial charge in [0.05, 0.1) is 13.2 Å². The maximum absolute atomic E-state index is 12.3. The number of aliphatic hydroxyl groups excluding tert-OH is 1. The minimum Gasteiger partial charge on any atom is -0.396 e. The highest BCUT2D eigenvalue weighted by atomic mass is 32.2. The van der Waals surface area contributed by atoms with Crippen molar-refractivity contribution in [2.75, 3.05) is 18.1 Å². The number of hydrogen-bond donors (Lipinski definition) is 1. The molecule has 0 saturated heterocycles. The Morgan fingerprint density at radius 1 is 1.05 bits per heavy atom. The SMILES string of the molecule is C=CCn1c(=O)n(CCC)c(=O)n(CCCSCCO)c1=O. The van der Waals surface area contributed by atoms with Crippen LogP contribution in [0.5, 0.6) is 0 Å². The van der Waals surface area contributed by atoms with Crippen LogP contribution in [0.2, 0.25) is 0 Å². The highest BCUT2D eigenvalue weighted by molar-refractivity contribution is 7.99. The van der Waals surface area contributed by atoms with Gasteiger partial charge in [-0.2, -0.15) is 11.8 Å². The van der Waals surface area contributed by atoms with Gasteiger partial charge in [0.25, 0.3) is 0 Å². The molecule has 124 valence electrons. The van der Waals surface area contributed by atoms with Gasteiger partial charge in [-0.3, -0.25) is 0 Å². The third-order valence-electron chi connectivity index (χ3n) is 3.05. The fourth-order valence-electron chi connectivity index (χ4n) is 2.07. The van der Waals surface area contributed by atoms with Crippen LogP contribution in [0.15, 0.2) is 27.0 Å². The Balaban J connectivity index is 3.14. The summed E-state index contributed by atoms with van der Waals surface area (Å²) in [6.45, 7) is 6.15. The average molecular weight is 329 g/mol. The molecule has 0 amide bonds. The quantitative estimate of drug-likeness (QED) is 0.478. The highest BCUT2D eigenvalue weighted by Crippen LogP contribution is 2.01. The second-order valence-electron chi connectivity index (χ2n) is 4.74. The van der Waals surface area contributed by atoms with Crippen LogP contribution in [0.4, 0.5) is 0 Å². The van der Waals surface area contributed by atoms with E-state index in [-0.39, 0.29) is 26.2 Å². The van der Waals surface area contributed by atoms with Crippen LogP contribution < -0.4 is 17.1 Å². The van der Waals surface area contributed by atoms with Gasteiger partial charge in [-0.15, -0.1) is 6.58 Å². The Kier molecular flexibility index (Phi) is 7.97. The number of thioether (sulfide) groups is 1. The standard InChI is InChI=1S/C14H23N3O4S/c1-3-6-15-12(19)16(7-4-2)14(21)17(13(15)20)8-5-10-22-11-9-18/h3,18H,1,4-11H2,2H3. The number of aliphatic hydroxyl groups is 1. The van der Waals surface area contributed by atoms with Gasteiger partial charge in [-0.1, -0.05) is 13.0 Å². The van der Waals surface area contributed by atoms with E-state index in [0.29, 0.717) is 18.6 Å². The predicted octanol–water partition coefficient (Wildman–Crippen LogP) is -0.117. The summed E-state index contributed by atoms with van der Waals surface area (Å²) in [6.07, 6.45) is 2.72. The lowest BCUT2D eigenvalue weighted by Crippen LogP contribution is -2.54. The van der Waals surface area contributed by atoms with E-state index in [0.717, 1.165) is 19.5 Å². The van der Waals surface area contributed by atoms with Crippen molar-refractivity contribution in [3.63, 3.8) is 0 Å². The van der Waals surface area contributed by atoms with Gasteiger partial charge in [0.2, 0.25) is 0 Å². The van der Waals surface area contributed by atoms with Crippen LogP contribution in [0, 0.1) is 0 Å². The Hall–Kier alpha value is -1.54. The molecule has 0 bridgehead atoms. The zero-order chi connectivity index (χ0) is 16.5. The molecule has 0 fully saturated rings. The Labute approximate surface area is 132 Å². The minimum atomic E-state index is -0.589. The van der Waals surface area contributed by atoms with Crippen molar-refractivity contribution >= 4 is 11.8 Å². The molecule has 0 aromatic carbocycles. The summed E-state index contributed by atoms with van der Waals surface area (Å²) in [4.78, 5) is 36.8. The number of hydrogen-bond acceptors (Lipinski definition) is 5. The molecule has 0 saturated carbocycles. The minimum absolute atomic E-state index is 0.0842. The number of aromatic nitrogens is 3. The van der Waals surface area contributed by atoms with E-state index in [1.54, 1.807) is 11.8 Å². The van der Waals surface area contributed by atoms with E-state index in [1.807, 2.05) is 6.92 Å². The molecular weight excluding hydrogens is 306 g/mol. The molecule has 1 aromatic rings. The first kappa shape index (κ1) is 18.5. The lowest BCUT2D eigenvalue weighted by atomic mass is 10.4. The van der Waals surface area contributed by atoms with E-state index >= 15 is 0 Å². The third kappa shape index (κ3) is 4.48. The molecule has 0 radical (unpaired) electrons. The second-order valence-corrected chi connectivity index (χ2v) is 5.96. The first-order valence-corrected chi connectivity index (χ1v) is 8.47. The van der Waals surface area contributed by atoms with Gasteiger partial charge in [0.1, 0.15) is 0 Å². The molecule has 7 nitrogen and oxygen atoms in total. The first-order chi connectivity index (χ1) is 10.6. The highest BCUT2D eigenvalue weighted by Gasteiger charge is 2.13. The van der Waals surface area contributed by atoms with Crippen molar-refractivity contribution in [3.8, 4) is 0 Å². The van der Waals surface area contributed by atoms with E-state index in [9.17, 15) is 14.4 Å². The molecular formula is C14H23N3O4S. The van der Waals surface area contributed by atoms with Crippen LogP contribution in [0.25, 0.3) is 0 Å². The molecule has 1 N–H and O–H groups in total. The van der Waals surface area contributed by atoms with Crippen molar-refractivity contribution in [1.82, 2.24) is 13.7 Å². The average Bonchev–Trinajstić information content (AvgIpc) is 2.51. The van der Waals surface area contributed by atoms with Crippen molar-refractivity contribution < 1.29 is 5.11 Å². The second kappa shape index (κ2) is 9.47. The normalized spacial score (nSPS) is 10.8. The van der Waals surface area contributed by atoms with Crippen molar-refractivity contribution in [1.29, 1.82) is 0 Å². The predicted molar refractivity (Wildman–Crippen MR) is 88.7 cm³/mol. The molecule has 0 spiro atoms. The Bertz CT molecular complexity index is 660. The molecule has 0 aliphatic heterocycles. The zero-order valence-corrected chi connectivity index (χ0v) is 13.7. The first-order valence-electron chi connectivity index (χ1n) is 7.32. The fraction of sp³-hybridized carbons (Fsp3) is 0.643. The van der Waals surface area contributed by atoms with E-state index in [2.05, 4.69) is 6.58 Å². The van der Waals surface area contributed by atoms with Gasteiger partial charge in [-0.05, 0) is 18.6 Å². The lowest BCUT2D eigenvalue weighted by molar-refractivity contribution is 0.322. The van der Waals surface area contributed by atoms with Gasteiger partial charge in [0, 0.05) is 18.8 Å². The number of rotatable bonds is 10. The molecule has 1 aromatic heterocycles. The van der Waals surface area contributed by atoms with Crippen molar-refractivity contribution in [3.05, 3.63) is 44.1 Å². The van der Waals surface area contributed by atoms with Gasteiger partial charge in [0.15, 0.2) is 0 Å². The largest absolute Gasteiger partial charge is 0.396 e. The molecule has 0 aliphatic rings. The van der Waals surface area contributed by atoms with Crippen LogP contribution in [0.1, 0.15) is 19.8 Å². The topological polar surface area (TPSA) is 86.2 Å². The fourth-order valence-corrected chi connectivity index (χ4v) is 2.73. The maximum Gasteiger partial charge on any atom is 0.336 e. The zero-order valence-electron chi connectivity index (χ0n) is 12.9. The van der Waals surface area contributed by atoms with Gasteiger partial charge in [-0.25, -0.2) is 28.1 Å².